The molecule has 0 aliphatic carbocycles. The number of hydrogen-bond acceptors (Lipinski definition) is 5. The van der Waals surface area contributed by atoms with Crippen LogP contribution in [0.4, 0.5) is 5.69 Å². The second-order valence-electron chi connectivity index (χ2n) is 7.78. The summed E-state index contributed by atoms with van der Waals surface area (Å²) < 4.78 is 0. The van der Waals surface area contributed by atoms with Crippen LogP contribution in [0.3, 0.4) is 0 Å². The Morgan fingerprint density at radius 3 is 2.34 bits per heavy atom. The molecule has 4 rings (SSSR count). The number of carbonyl (C=O) groups excluding carboxylic acids is 2. The molecule has 2 aromatic carbocycles. The fourth-order valence-electron chi connectivity index (χ4n) is 3.80. The number of carbonyl (C=O) groups is 2. The molecule has 6 nitrogen and oxygen atoms in total. The number of benzene rings is 2. The molecule has 0 unspecified atom stereocenters. The van der Waals surface area contributed by atoms with Gasteiger partial charge in [-0.15, -0.1) is 0 Å². The highest BCUT2D eigenvalue weighted by Gasteiger charge is 2.46. The van der Waals surface area contributed by atoms with E-state index >= 15 is 0 Å². The number of Topliss-reactive ketones (excluding diaryl/α,β-unsaturated/α-hetero) is 1. The number of rotatable bonds is 5. The van der Waals surface area contributed by atoms with Gasteiger partial charge in [-0.3, -0.25) is 14.6 Å². The van der Waals surface area contributed by atoms with E-state index in [1.54, 1.807) is 42.7 Å². The summed E-state index contributed by atoms with van der Waals surface area (Å²) in [5.41, 5.74) is 2.98. The SMILES string of the molecule is CN(C)c1ccc([C@H]2C(=C(O)c3ccc(Cl)cc3)C(=O)C(=O)N2Cc2cccnc2)cc1. The van der Waals surface area contributed by atoms with Crippen LogP contribution in [0.2, 0.25) is 5.02 Å². The molecule has 3 aromatic rings. The van der Waals surface area contributed by atoms with Crippen molar-refractivity contribution in [1.82, 2.24) is 9.88 Å². The van der Waals surface area contributed by atoms with Crippen molar-refractivity contribution in [2.75, 3.05) is 19.0 Å². The van der Waals surface area contributed by atoms with Gasteiger partial charge in [0.05, 0.1) is 11.6 Å². The number of halogens is 1. The van der Waals surface area contributed by atoms with E-state index in [2.05, 4.69) is 4.98 Å². The number of aromatic nitrogens is 1. The van der Waals surface area contributed by atoms with Gasteiger partial charge in [-0.2, -0.15) is 0 Å². The van der Waals surface area contributed by atoms with Gasteiger partial charge >= 0.3 is 0 Å². The molecule has 1 N–H and O–H groups in total. The molecular weight excluding hydrogens is 426 g/mol. The van der Waals surface area contributed by atoms with Crippen LogP contribution in [0.1, 0.15) is 22.7 Å². The average Bonchev–Trinajstić information content (AvgIpc) is 3.05. The number of pyridine rings is 1. The molecule has 1 aliphatic heterocycles. The van der Waals surface area contributed by atoms with Gasteiger partial charge in [0.15, 0.2) is 0 Å². The molecule has 0 saturated carbocycles. The van der Waals surface area contributed by atoms with Crippen LogP contribution in [-0.2, 0) is 16.1 Å². The summed E-state index contributed by atoms with van der Waals surface area (Å²) in [6, 6.07) is 17.0. The molecule has 1 aliphatic rings. The molecule has 0 radical (unpaired) electrons. The first kappa shape index (κ1) is 21.6. The second kappa shape index (κ2) is 8.85. The van der Waals surface area contributed by atoms with Crippen LogP contribution >= 0.6 is 11.6 Å². The molecule has 1 fully saturated rings. The monoisotopic (exact) mass is 447 g/mol. The minimum absolute atomic E-state index is 0.0545. The van der Waals surface area contributed by atoms with E-state index in [0.29, 0.717) is 10.6 Å². The number of aliphatic hydroxyl groups is 1. The standard InChI is InChI=1S/C25H22ClN3O3/c1-28(2)20-11-7-17(8-12-20)22-21(23(30)18-5-9-19(26)10-6-18)24(31)25(32)29(22)15-16-4-3-13-27-14-16/h3-14,22,30H,15H2,1-2H3/t22-/m0/s1. The van der Waals surface area contributed by atoms with Gasteiger partial charge in [0, 0.05) is 49.3 Å². The molecular formula is C25H22ClN3O3. The van der Waals surface area contributed by atoms with Crippen molar-refractivity contribution in [3.63, 3.8) is 0 Å². The van der Waals surface area contributed by atoms with Gasteiger partial charge in [0.25, 0.3) is 11.7 Å². The number of ketones is 1. The molecule has 0 bridgehead atoms. The van der Waals surface area contributed by atoms with Crippen molar-refractivity contribution in [1.29, 1.82) is 0 Å². The van der Waals surface area contributed by atoms with E-state index < -0.39 is 17.7 Å². The molecule has 0 spiro atoms. The van der Waals surface area contributed by atoms with E-state index in [4.69, 9.17) is 11.6 Å². The predicted molar refractivity (Wildman–Crippen MR) is 124 cm³/mol. The van der Waals surface area contributed by atoms with Crippen LogP contribution in [0.5, 0.6) is 0 Å². The van der Waals surface area contributed by atoms with Gasteiger partial charge in [-0.1, -0.05) is 29.8 Å². The second-order valence-corrected chi connectivity index (χ2v) is 8.22. The summed E-state index contributed by atoms with van der Waals surface area (Å²) in [5, 5.41) is 11.6. The highest BCUT2D eigenvalue weighted by Crippen LogP contribution is 2.40. The van der Waals surface area contributed by atoms with E-state index in [9.17, 15) is 14.7 Å². The summed E-state index contributed by atoms with van der Waals surface area (Å²) in [6.07, 6.45) is 3.31. The molecule has 32 heavy (non-hydrogen) atoms. The van der Waals surface area contributed by atoms with Crippen molar-refractivity contribution < 1.29 is 14.7 Å². The lowest BCUT2D eigenvalue weighted by Crippen LogP contribution is -2.29. The molecule has 1 aromatic heterocycles. The van der Waals surface area contributed by atoms with Gasteiger partial charge in [0.1, 0.15) is 5.76 Å². The smallest absolute Gasteiger partial charge is 0.295 e. The van der Waals surface area contributed by atoms with E-state index in [-0.39, 0.29) is 17.9 Å². The first-order valence-electron chi connectivity index (χ1n) is 10.1. The Kier molecular flexibility index (Phi) is 5.97. The quantitative estimate of drug-likeness (QED) is 0.356. The van der Waals surface area contributed by atoms with Gasteiger partial charge in [-0.05, 0) is 53.6 Å². The van der Waals surface area contributed by atoms with E-state index in [0.717, 1.165) is 16.8 Å². The van der Waals surface area contributed by atoms with Crippen LogP contribution in [0.15, 0.2) is 78.6 Å². The summed E-state index contributed by atoms with van der Waals surface area (Å²) in [5.74, 6) is -1.61. The zero-order chi connectivity index (χ0) is 22.8. The molecule has 1 saturated heterocycles. The third kappa shape index (κ3) is 4.09. The maximum atomic E-state index is 13.1. The molecule has 1 atom stereocenters. The van der Waals surface area contributed by atoms with E-state index in [1.165, 1.54) is 4.90 Å². The van der Waals surface area contributed by atoms with E-state index in [1.807, 2.05) is 49.3 Å². The van der Waals surface area contributed by atoms with Gasteiger partial charge < -0.3 is 14.9 Å². The van der Waals surface area contributed by atoms with Crippen LogP contribution in [-0.4, -0.2) is 40.8 Å². The number of amides is 1. The highest BCUT2D eigenvalue weighted by molar-refractivity contribution is 6.46. The molecule has 1 amide bonds. The lowest BCUT2D eigenvalue weighted by molar-refractivity contribution is -0.140. The lowest BCUT2D eigenvalue weighted by Gasteiger charge is -2.26. The third-order valence-electron chi connectivity index (χ3n) is 5.46. The van der Waals surface area contributed by atoms with Crippen LogP contribution in [0, 0.1) is 0 Å². The Morgan fingerprint density at radius 1 is 1.06 bits per heavy atom. The summed E-state index contributed by atoms with van der Waals surface area (Å²) in [7, 11) is 3.87. The molecule has 2 heterocycles. The molecule has 7 heteroatoms. The van der Waals surface area contributed by atoms with Crippen molar-refractivity contribution >= 4 is 34.7 Å². The fourth-order valence-corrected chi connectivity index (χ4v) is 3.92. The normalized spacial score (nSPS) is 17.6. The van der Waals surface area contributed by atoms with Gasteiger partial charge in [-0.25, -0.2) is 0 Å². The van der Waals surface area contributed by atoms with Crippen LogP contribution < -0.4 is 4.90 Å². The Morgan fingerprint density at radius 2 is 1.75 bits per heavy atom. The third-order valence-corrected chi connectivity index (χ3v) is 5.71. The maximum Gasteiger partial charge on any atom is 0.295 e. The van der Waals surface area contributed by atoms with Crippen LogP contribution in [0.25, 0.3) is 5.76 Å². The average molecular weight is 448 g/mol. The Bertz CT molecular complexity index is 1170. The zero-order valence-electron chi connectivity index (χ0n) is 17.7. The largest absolute Gasteiger partial charge is 0.507 e. The lowest BCUT2D eigenvalue weighted by atomic mass is 9.95. The highest BCUT2D eigenvalue weighted by atomic mass is 35.5. The Labute approximate surface area is 191 Å². The number of nitrogens with zero attached hydrogens (tertiary/aromatic N) is 3. The van der Waals surface area contributed by atoms with Crippen molar-refractivity contribution in [3.05, 3.63) is 100 Å². The minimum Gasteiger partial charge on any atom is -0.507 e. The topological polar surface area (TPSA) is 73.7 Å². The number of likely N-dealkylation sites (tertiary alicyclic amines) is 1. The first-order chi connectivity index (χ1) is 15.4. The fraction of sp³-hybridized carbons (Fsp3) is 0.160. The predicted octanol–water partition coefficient (Wildman–Crippen LogP) is 4.42. The van der Waals surface area contributed by atoms with Crippen molar-refractivity contribution in [2.45, 2.75) is 12.6 Å². The minimum atomic E-state index is -0.734. The van der Waals surface area contributed by atoms with Crippen molar-refractivity contribution in [3.8, 4) is 0 Å². The maximum absolute atomic E-state index is 13.1. The van der Waals surface area contributed by atoms with Gasteiger partial charge in [0.2, 0.25) is 0 Å². The Hall–Kier alpha value is -3.64. The summed E-state index contributed by atoms with van der Waals surface area (Å²) in [4.78, 5) is 33.7. The number of aliphatic hydroxyl groups excluding tert-OH is 1. The van der Waals surface area contributed by atoms with Crippen molar-refractivity contribution in [2.24, 2.45) is 0 Å². The molecule has 162 valence electrons. The first-order valence-corrected chi connectivity index (χ1v) is 10.4. The number of hydrogen-bond donors (Lipinski definition) is 1. The Balaban J connectivity index is 1.84. The summed E-state index contributed by atoms with van der Waals surface area (Å²) in [6.45, 7) is 0.190. The zero-order valence-corrected chi connectivity index (χ0v) is 18.5. The summed E-state index contributed by atoms with van der Waals surface area (Å²) >= 11 is 5.97. The number of anilines is 1.